The van der Waals surface area contributed by atoms with E-state index in [9.17, 15) is 0 Å². The largest absolute Gasteiger partial charge is 0.310 e. The molecule has 0 spiro atoms. The van der Waals surface area contributed by atoms with Crippen LogP contribution in [0.2, 0.25) is 0 Å². The molecule has 2 heteroatoms. The second-order valence-corrected chi connectivity index (χ2v) is 16.8. The van der Waals surface area contributed by atoms with E-state index in [0.717, 1.165) is 51.4 Å². The van der Waals surface area contributed by atoms with Crippen LogP contribution < -0.4 is 0 Å². The van der Waals surface area contributed by atoms with Crippen LogP contribution in [-0.4, -0.2) is 9.13 Å². The number of hydrogen-bond acceptors (Lipinski definition) is 0. The van der Waals surface area contributed by atoms with E-state index in [1.165, 1.54) is 99.5 Å². The summed E-state index contributed by atoms with van der Waals surface area (Å²) in [7, 11) is 0. The number of aromatic nitrogens is 2. The predicted molar refractivity (Wildman–Crippen MR) is 247 cm³/mol. The van der Waals surface area contributed by atoms with Crippen LogP contribution in [0.15, 0.2) is 133 Å². The molecule has 2 aromatic heterocycles. The molecule has 0 unspecified atom stereocenters. The zero-order chi connectivity index (χ0) is 37.9. The van der Waals surface area contributed by atoms with Gasteiger partial charge in [-0.25, -0.2) is 0 Å². The minimum atomic E-state index is 1.14. The summed E-state index contributed by atoms with van der Waals surface area (Å²) in [6.07, 6.45) is 27.9. The smallest absolute Gasteiger partial charge is 0.0494 e. The normalized spacial score (nSPS) is 15.4. The van der Waals surface area contributed by atoms with Crippen LogP contribution in [0.5, 0.6) is 0 Å². The van der Waals surface area contributed by atoms with Gasteiger partial charge in [0.2, 0.25) is 0 Å². The molecule has 58 heavy (non-hydrogen) atoms. The number of allylic oxidation sites excluding steroid dienone is 4. The predicted octanol–water partition coefficient (Wildman–Crippen LogP) is 14.5. The lowest BCUT2D eigenvalue weighted by Gasteiger charge is -2.19. The van der Waals surface area contributed by atoms with E-state index in [4.69, 9.17) is 0 Å². The molecule has 2 heterocycles. The maximum atomic E-state index is 2.49. The number of hydrogen-bond donors (Lipinski definition) is 0. The van der Waals surface area contributed by atoms with Crippen molar-refractivity contribution < 1.29 is 0 Å². The molecule has 7 aromatic carbocycles. The van der Waals surface area contributed by atoms with Crippen LogP contribution in [0.3, 0.4) is 0 Å². The minimum Gasteiger partial charge on any atom is -0.310 e. The topological polar surface area (TPSA) is 9.86 Å². The molecule has 0 fully saturated rings. The molecule has 276 valence electrons. The maximum absolute atomic E-state index is 2.49. The summed E-state index contributed by atoms with van der Waals surface area (Å²) in [5.74, 6) is 0. The van der Waals surface area contributed by atoms with Crippen molar-refractivity contribution in [2.45, 2.75) is 51.4 Å². The standard InChI is InChI=1S/C56H42N2/c1-5-19-51-41(11-1)42-12-2-6-20-52(42)57(51)37-27-23-35(24-28-37)39-31-33-49-48-18-10-16-46-40(32-34-50(56(46)48)47-17-9-15-45(39)55(47)49)36-25-29-38(30-26-36)58-53-21-7-3-13-43(53)44-14-4-8-22-54(44)58/h5-10,15-34H,1-4,11-14H2. The first-order valence-electron chi connectivity index (χ1n) is 21.3. The molecule has 0 atom stereocenters. The first kappa shape index (κ1) is 32.4. The molecule has 4 aliphatic carbocycles. The zero-order valence-electron chi connectivity index (χ0n) is 32.6. The van der Waals surface area contributed by atoms with E-state index in [-0.39, 0.29) is 0 Å². The monoisotopic (exact) mass is 742 g/mol. The number of benzene rings is 7. The average Bonchev–Trinajstić information content (AvgIpc) is 3.81. The Labute approximate surface area is 338 Å². The minimum absolute atomic E-state index is 1.14. The van der Waals surface area contributed by atoms with Crippen LogP contribution in [0.25, 0.3) is 101 Å². The van der Waals surface area contributed by atoms with Crippen molar-refractivity contribution in [1.29, 1.82) is 0 Å². The van der Waals surface area contributed by atoms with Crippen molar-refractivity contribution in [2.24, 2.45) is 0 Å². The van der Waals surface area contributed by atoms with Crippen LogP contribution in [0.4, 0.5) is 0 Å². The molecule has 0 aliphatic heterocycles. The summed E-state index contributed by atoms with van der Waals surface area (Å²) < 4.78 is 4.99. The van der Waals surface area contributed by atoms with E-state index in [2.05, 4.69) is 167 Å². The Hall–Kier alpha value is -6.64. The van der Waals surface area contributed by atoms with Crippen LogP contribution in [0.1, 0.15) is 70.7 Å². The molecule has 0 saturated carbocycles. The summed E-state index contributed by atoms with van der Waals surface area (Å²) in [6.45, 7) is 0. The van der Waals surface area contributed by atoms with Gasteiger partial charge in [0, 0.05) is 34.2 Å². The summed E-state index contributed by atoms with van der Waals surface area (Å²) >= 11 is 0. The number of nitrogens with zero attached hydrogens (tertiary/aromatic N) is 2. The molecule has 4 aliphatic rings. The highest BCUT2D eigenvalue weighted by Crippen LogP contribution is 2.46. The van der Waals surface area contributed by atoms with Gasteiger partial charge in [0.15, 0.2) is 0 Å². The van der Waals surface area contributed by atoms with Gasteiger partial charge >= 0.3 is 0 Å². The third-order valence-electron chi connectivity index (χ3n) is 13.8. The van der Waals surface area contributed by atoms with Gasteiger partial charge in [0.05, 0.1) is 0 Å². The third-order valence-corrected chi connectivity index (χ3v) is 13.8. The lowest BCUT2D eigenvalue weighted by Crippen LogP contribution is -2.02. The van der Waals surface area contributed by atoms with Gasteiger partial charge in [0.25, 0.3) is 0 Å². The molecular weight excluding hydrogens is 701 g/mol. The van der Waals surface area contributed by atoms with Crippen molar-refractivity contribution >= 4 is 67.4 Å². The summed E-state index contributed by atoms with van der Waals surface area (Å²) in [5, 5.41) is 10.6. The van der Waals surface area contributed by atoms with Gasteiger partial charge in [0.1, 0.15) is 0 Å². The van der Waals surface area contributed by atoms with Crippen molar-refractivity contribution in [3.63, 3.8) is 0 Å². The molecular formula is C56H42N2. The molecule has 0 amide bonds. The molecule has 0 radical (unpaired) electrons. The molecule has 0 N–H and O–H groups in total. The Bertz CT molecular complexity index is 2980. The van der Waals surface area contributed by atoms with E-state index >= 15 is 0 Å². The van der Waals surface area contributed by atoms with Crippen LogP contribution >= 0.6 is 0 Å². The van der Waals surface area contributed by atoms with E-state index in [0.29, 0.717) is 0 Å². The quantitative estimate of drug-likeness (QED) is 0.126. The Morgan fingerprint density at radius 3 is 1.00 bits per heavy atom. The molecule has 0 saturated heterocycles. The zero-order valence-corrected chi connectivity index (χ0v) is 32.6. The van der Waals surface area contributed by atoms with Crippen molar-refractivity contribution in [3.05, 3.63) is 179 Å². The Kier molecular flexibility index (Phi) is 6.95. The van der Waals surface area contributed by atoms with Crippen molar-refractivity contribution in [2.75, 3.05) is 0 Å². The lowest BCUT2D eigenvalue weighted by molar-refractivity contribution is 0.922. The highest BCUT2D eigenvalue weighted by Gasteiger charge is 2.25. The highest BCUT2D eigenvalue weighted by atomic mass is 15.0. The van der Waals surface area contributed by atoms with E-state index < -0.39 is 0 Å². The second-order valence-electron chi connectivity index (χ2n) is 16.8. The van der Waals surface area contributed by atoms with Gasteiger partial charge in [-0.3, -0.25) is 0 Å². The fourth-order valence-electron chi connectivity index (χ4n) is 11.3. The molecule has 0 bridgehead atoms. The molecule has 9 aromatic rings. The molecule has 2 nitrogen and oxygen atoms in total. The maximum Gasteiger partial charge on any atom is 0.0494 e. The van der Waals surface area contributed by atoms with Crippen LogP contribution in [0, 0.1) is 0 Å². The Morgan fingerprint density at radius 1 is 0.310 bits per heavy atom. The fourth-order valence-corrected chi connectivity index (χ4v) is 11.3. The van der Waals surface area contributed by atoms with Gasteiger partial charge < -0.3 is 9.13 Å². The van der Waals surface area contributed by atoms with Gasteiger partial charge in [-0.15, -0.1) is 0 Å². The summed E-state index contributed by atoms with van der Waals surface area (Å²) in [6, 6.07) is 41.9. The summed E-state index contributed by atoms with van der Waals surface area (Å²) in [4.78, 5) is 0. The first-order valence-corrected chi connectivity index (χ1v) is 21.3. The van der Waals surface area contributed by atoms with E-state index in [1.807, 2.05) is 0 Å². The van der Waals surface area contributed by atoms with Gasteiger partial charge in [-0.2, -0.15) is 0 Å². The van der Waals surface area contributed by atoms with E-state index in [1.54, 1.807) is 22.3 Å². The second kappa shape index (κ2) is 12.4. The lowest BCUT2D eigenvalue weighted by atomic mass is 9.85. The Balaban J connectivity index is 0.916. The highest BCUT2D eigenvalue weighted by molar-refractivity contribution is 6.35. The average molecular weight is 743 g/mol. The number of fused-ring (bicyclic) bond motifs is 8. The third kappa shape index (κ3) is 4.55. The van der Waals surface area contributed by atoms with Gasteiger partial charge in [-0.1, -0.05) is 109 Å². The Morgan fingerprint density at radius 2 is 0.638 bits per heavy atom. The SMILES string of the molecule is C1=Cc2c(c3c(n2-c2ccc(-c4ccc5c6cccc7c(-c8ccc(-n9c%10c(c%11c9C=CCC%11)CCC=C%10)cc8)ccc(c8cccc4c85)c76)cc2)C=CCC3)CC1. The fraction of sp³-hybridized carbons (Fsp3) is 0.143. The van der Waals surface area contributed by atoms with Crippen LogP contribution in [-0.2, 0) is 25.7 Å². The van der Waals surface area contributed by atoms with Gasteiger partial charge in [-0.05, 0) is 188 Å². The number of rotatable bonds is 4. The summed E-state index contributed by atoms with van der Waals surface area (Å²) in [5.41, 5.74) is 19.2. The first-order chi connectivity index (χ1) is 28.8. The van der Waals surface area contributed by atoms with Crippen molar-refractivity contribution in [3.8, 4) is 33.6 Å². The van der Waals surface area contributed by atoms with Crippen molar-refractivity contribution in [1.82, 2.24) is 9.13 Å². The molecule has 13 rings (SSSR count).